The third kappa shape index (κ3) is 15.1. The van der Waals surface area contributed by atoms with Gasteiger partial charge in [-0.2, -0.15) is 0 Å². The number of amides is 6. The van der Waals surface area contributed by atoms with E-state index < -0.39 is 102 Å². The van der Waals surface area contributed by atoms with Gasteiger partial charge in [-0.1, -0.05) is 44.2 Å². The van der Waals surface area contributed by atoms with E-state index in [2.05, 4.69) is 26.6 Å². The number of carboxylic acids is 2. The quantitative estimate of drug-likeness (QED) is 0.0532. The molecular formula is C62H65N13O13S6. The molecular weight excluding hydrogens is 1330 g/mol. The van der Waals surface area contributed by atoms with Crippen LogP contribution in [-0.4, -0.2) is 131 Å². The van der Waals surface area contributed by atoms with Gasteiger partial charge in [0.05, 0.1) is 54.1 Å². The topological polar surface area (TPSA) is 369 Å². The molecule has 3 aliphatic rings. The van der Waals surface area contributed by atoms with E-state index >= 15 is 0 Å². The first-order chi connectivity index (χ1) is 45.2. The first-order valence-corrected chi connectivity index (χ1v) is 35.3. The van der Waals surface area contributed by atoms with Gasteiger partial charge in [0.1, 0.15) is 88.3 Å². The minimum atomic E-state index is -1.31. The lowest BCUT2D eigenvalue weighted by Crippen LogP contribution is -2.45. The van der Waals surface area contributed by atoms with Gasteiger partial charge in [-0.05, 0) is 81.9 Å². The second-order valence-electron chi connectivity index (χ2n) is 23.1. The minimum absolute atomic E-state index is 0.00609. The van der Waals surface area contributed by atoms with Crippen molar-refractivity contribution in [2.75, 3.05) is 25.6 Å². The molecule has 6 amide bonds. The molecule has 94 heavy (non-hydrogen) atoms. The highest BCUT2D eigenvalue weighted by molar-refractivity contribution is 7.15. The van der Waals surface area contributed by atoms with Crippen LogP contribution in [0, 0.1) is 24.7 Å². The van der Waals surface area contributed by atoms with Crippen molar-refractivity contribution >= 4 is 121 Å². The van der Waals surface area contributed by atoms with Crippen molar-refractivity contribution in [1.82, 2.24) is 61.5 Å². The number of aliphatic hydroxyl groups is 1. The number of methoxy groups -OCH3 is 1. The average molecular weight is 1390 g/mol. The largest absolute Gasteiger partial charge is 0.481 e. The number of ether oxygens (including phenoxy) is 2. The Hall–Kier alpha value is -8.37. The van der Waals surface area contributed by atoms with Crippen LogP contribution in [-0.2, 0) is 35.3 Å². The number of nitrogens with zero attached hydrogens (tertiary/aromatic N) is 8. The molecule has 0 spiro atoms. The van der Waals surface area contributed by atoms with E-state index in [9.17, 15) is 53.7 Å². The molecule has 1 unspecified atom stereocenters. The number of aliphatic hydroxyl groups excluding tert-OH is 1. The maximum absolute atomic E-state index is 14.5. The van der Waals surface area contributed by atoms with Crippen LogP contribution in [0.5, 0.6) is 0 Å². The molecule has 11 rings (SSSR count). The number of hydrogen-bond donors (Lipinski definition) is 8. The molecule has 4 atom stereocenters. The third-order valence-corrected chi connectivity index (χ3v) is 22.1. The Labute approximate surface area is 562 Å². The van der Waals surface area contributed by atoms with E-state index in [4.69, 9.17) is 44.4 Å². The Bertz CT molecular complexity index is 4130. The van der Waals surface area contributed by atoms with Gasteiger partial charge in [0.25, 0.3) is 17.7 Å². The van der Waals surface area contributed by atoms with Gasteiger partial charge in [0, 0.05) is 52.2 Å². The van der Waals surface area contributed by atoms with Crippen LogP contribution in [0.1, 0.15) is 158 Å². The fourth-order valence-electron chi connectivity index (χ4n) is 11.3. The first kappa shape index (κ1) is 67.1. The summed E-state index contributed by atoms with van der Waals surface area (Å²) < 4.78 is 11.5. The summed E-state index contributed by atoms with van der Waals surface area (Å²) in [5, 5.41) is 54.5. The predicted molar refractivity (Wildman–Crippen MR) is 353 cm³/mol. The lowest BCUT2D eigenvalue weighted by atomic mass is 9.85. The summed E-state index contributed by atoms with van der Waals surface area (Å²) in [6.45, 7) is 4.90. The predicted octanol–water partition coefficient (Wildman–Crippen LogP) is 9.54. The number of thiazole rings is 6. The first-order valence-electron chi connectivity index (χ1n) is 30.1. The summed E-state index contributed by atoms with van der Waals surface area (Å²) >= 11 is 7.05. The van der Waals surface area contributed by atoms with Gasteiger partial charge < -0.3 is 51.4 Å². The van der Waals surface area contributed by atoms with Crippen molar-refractivity contribution in [3.63, 3.8) is 0 Å². The highest BCUT2D eigenvalue weighted by Crippen LogP contribution is 2.42. The molecule has 10 bridgehead atoms. The van der Waals surface area contributed by atoms with Gasteiger partial charge >= 0.3 is 18.0 Å². The van der Waals surface area contributed by atoms with Gasteiger partial charge in [0.2, 0.25) is 11.8 Å². The van der Waals surface area contributed by atoms with Gasteiger partial charge in [-0.25, -0.2) is 39.7 Å². The average Bonchev–Trinajstić information content (AvgIpc) is 1.73. The number of carbonyl (C=O) groups is 8. The highest BCUT2D eigenvalue weighted by atomic mass is 32.1. The van der Waals surface area contributed by atoms with Crippen LogP contribution >= 0.6 is 68.0 Å². The molecule has 26 nitrogen and oxygen atoms in total. The second kappa shape index (κ2) is 29.5. The minimum Gasteiger partial charge on any atom is -0.481 e. The van der Waals surface area contributed by atoms with Gasteiger partial charge in [-0.3, -0.25) is 38.5 Å². The van der Waals surface area contributed by atoms with Crippen LogP contribution in [0.3, 0.4) is 0 Å². The Kier molecular flexibility index (Phi) is 21.1. The van der Waals surface area contributed by atoms with Crippen molar-refractivity contribution in [2.45, 2.75) is 122 Å². The number of pyridine rings is 1. The summed E-state index contributed by atoms with van der Waals surface area (Å²) in [6, 6.07) is 8.87. The van der Waals surface area contributed by atoms with Crippen LogP contribution in [0.2, 0.25) is 0 Å². The molecule has 8 aromatic rings. The van der Waals surface area contributed by atoms with E-state index in [-0.39, 0.29) is 46.9 Å². The Morgan fingerprint density at radius 2 is 1.31 bits per heavy atom. The smallest absolute Gasteiger partial charge is 0.416 e. The summed E-state index contributed by atoms with van der Waals surface area (Å²) in [4.78, 5) is 145. The normalized spacial score (nSPS) is 20.8. The number of benzene rings is 1. The Balaban J connectivity index is 0.977. The lowest BCUT2D eigenvalue weighted by molar-refractivity contribution is -0.144. The molecule has 1 aromatic carbocycles. The van der Waals surface area contributed by atoms with E-state index in [1.165, 1.54) is 53.1 Å². The maximum Gasteiger partial charge on any atom is 0.416 e. The number of aryl methyl sites for hydroxylation is 1. The molecule has 2 saturated carbocycles. The number of carboxylic acid groups (broad SMARTS) is 2. The van der Waals surface area contributed by atoms with Crippen molar-refractivity contribution < 1.29 is 63.1 Å². The molecule has 2 fully saturated rings. The summed E-state index contributed by atoms with van der Waals surface area (Å²) in [5.74, 6) is -5.89. The van der Waals surface area contributed by atoms with Crippen LogP contribution in [0.25, 0.3) is 43.4 Å². The number of fused-ring (bicyclic) bond motifs is 14. The molecule has 2 aliphatic carbocycles. The summed E-state index contributed by atoms with van der Waals surface area (Å²) in [6.07, 6.45) is 0.0925. The number of aromatic nitrogens is 7. The molecule has 8 N–H and O–H groups in total. The van der Waals surface area contributed by atoms with E-state index in [1.807, 2.05) is 13.8 Å². The molecule has 492 valence electrons. The highest BCUT2D eigenvalue weighted by Gasteiger charge is 2.38. The summed E-state index contributed by atoms with van der Waals surface area (Å²) in [7, 11) is 2.92. The molecule has 8 heterocycles. The number of rotatable bonds is 13. The molecule has 32 heteroatoms. The van der Waals surface area contributed by atoms with E-state index in [1.54, 1.807) is 70.9 Å². The van der Waals surface area contributed by atoms with E-state index in [0.29, 0.717) is 120 Å². The SMILES string of the molecule is CNC(=O)C[C@@H]1NC(=O)c2csc(n2)-c2ccc(-c3nc(N(C(=O)OC4CCC(C(=O)O)CC4)C4CCC(C(=O)O)CC4)cs3)nc2-c2csc(n2)-c2csc(n2)[C@H]([C@@H](O)c2ccccc2)NC(=O)CNC(=O)c2nc(sc2COC)C(C(C)C)NC(=O)c2nc1sc2C. The molecule has 7 aromatic heterocycles. The zero-order chi connectivity index (χ0) is 66.5. The number of hydrogen-bond acceptors (Lipinski definition) is 24. The molecule has 0 radical (unpaired) electrons. The van der Waals surface area contributed by atoms with Crippen molar-refractivity contribution in [1.29, 1.82) is 0 Å². The van der Waals surface area contributed by atoms with Crippen molar-refractivity contribution in [3.8, 4) is 43.4 Å². The monoisotopic (exact) mass is 1390 g/mol. The third-order valence-electron chi connectivity index (χ3n) is 16.4. The zero-order valence-electron chi connectivity index (χ0n) is 51.3. The second-order valence-corrected chi connectivity index (χ2v) is 28.9. The van der Waals surface area contributed by atoms with Crippen molar-refractivity contribution in [2.24, 2.45) is 17.8 Å². The van der Waals surface area contributed by atoms with Gasteiger partial charge in [0.15, 0.2) is 0 Å². The summed E-state index contributed by atoms with van der Waals surface area (Å²) in [5.41, 5.74) is 2.40. The van der Waals surface area contributed by atoms with Crippen LogP contribution in [0.15, 0.2) is 64.0 Å². The van der Waals surface area contributed by atoms with Gasteiger partial charge in [-0.15, -0.1) is 68.0 Å². The number of aliphatic carboxylic acids is 2. The van der Waals surface area contributed by atoms with Crippen molar-refractivity contribution in [3.05, 3.63) is 111 Å². The fraction of sp³-hybridized carbons (Fsp3) is 0.403. The lowest BCUT2D eigenvalue weighted by Gasteiger charge is -2.35. The Morgan fingerprint density at radius 3 is 2.01 bits per heavy atom. The standard InChI is InChI=1S/C62H65N13O13S6/c1-28(2)45-59-74-48(41(94-59)23-87-5)52(80)64-22-44(77)71-49(50(78)30-9-7-6-8-10-30)58-69-40(26-91-58)56-67-38(24-90-56)47-35(54-68-39(25-89-54)51(79)66-37(21-43(76)63-4)57-73-46(29(3)93-57)53(81)72-45)19-20-36(65-47)55-70-42(27-92-55)75(33-15-11-31(12-16-33)60(82)83)62(86)88-34-17-13-32(14-18-34)61(84)85/h6-10,19-20,24-28,31-34,37,45,49-50,78H,11-18,21-23H2,1-5H3,(H,63,76)(H,64,80)(H,66,79)(H,71,77)(H,72,81)(H,82,83)(H,84,85)/t31?,32?,33?,34?,37-,45?,49-,50-/m0/s1. The Morgan fingerprint density at radius 1 is 0.649 bits per heavy atom. The number of nitrogens with one attached hydrogen (secondary N) is 5. The maximum atomic E-state index is 14.5. The van der Waals surface area contributed by atoms with E-state index in [0.717, 1.165) is 34.0 Å². The number of carbonyl (C=O) groups excluding carboxylic acids is 6. The van der Waals surface area contributed by atoms with Crippen LogP contribution in [0.4, 0.5) is 10.6 Å². The molecule has 1 aliphatic heterocycles. The molecule has 0 saturated heterocycles. The zero-order valence-corrected chi connectivity index (χ0v) is 56.2. The van der Waals surface area contributed by atoms with Crippen LogP contribution < -0.4 is 31.5 Å². The fourth-order valence-corrected chi connectivity index (χ4v) is 16.9. The number of anilines is 1.